The highest BCUT2D eigenvalue weighted by atomic mass is 32.1. The average molecular weight is 346 g/mol. The van der Waals surface area contributed by atoms with E-state index in [1.165, 1.54) is 17.7 Å². The smallest absolute Gasteiger partial charge is 0.269 e. The number of primary amides is 2. The number of hydrogen-bond donors (Lipinski definition) is 4. The van der Waals surface area contributed by atoms with Crippen LogP contribution < -0.4 is 22.1 Å². The van der Waals surface area contributed by atoms with Crippen LogP contribution in [0.4, 0.5) is 16.4 Å². The van der Waals surface area contributed by atoms with Crippen LogP contribution in [0.2, 0.25) is 0 Å². The van der Waals surface area contributed by atoms with Crippen LogP contribution >= 0.6 is 11.5 Å². The molecule has 1 fully saturated rings. The summed E-state index contributed by atoms with van der Waals surface area (Å²) in [5.74, 6) is -0.790. The number of rotatable bonds is 7. The van der Waals surface area contributed by atoms with E-state index in [4.69, 9.17) is 11.5 Å². The Bertz CT molecular complexity index is 786. The van der Waals surface area contributed by atoms with Gasteiger partial charge in [-0.05, 0) is 49.3 Å². The Morgan fingerprint density at radius 1 is 1.33 bits per heavy atom. The third kappa shape index (κ3) is 3.62. The molecule has 0 bridgehead atoms. The van der Waals surface area contributed by atoms with E-state index in [9.17, 15) is 9.59 Å². The predicted octanol–water partition coefficient (Wildman–Crippen LogP) is 1.36. The van der Waals surface area contributed by atoms with Crippen LogP contribution in [0.3, 0.4) is 0 Å². The molecule has 3 rings (SSSR count). The number of carbonyl (C=O) groups excluding carboxylic acids is 2. The van der Waals surface area contributed by atoms with E-state index in [-0.39, 0.29) is 11.6 Å². The summed E-state index contributed by atoms with van der Waals surface area (Å²) in [6.45, 7) is 1.87. The summed E-state index contributed by atoms with van der Waals surface area (Å²) in [5, 5.41) is 6.96. The molecule has 1 atom stereocenters. The van der Waals surface area contributed by atoms with Gasteiger partial charge in [-0.2, -0.15) is 4.37 Å². The fourth-order valence-electron chi connectivity index (χ4n) is 2.42. The zero-order chi connectivity index (χ0) is 17.3. The van der Waals surface area contributed by atoms with Crippen molar-refractivity contribution in [2.75, 3.05) is 10.6 Å². The number of aryl methyl sites for hydroxylation is 1. The molecule has 24 heavy (non-hydrogen) atoms. The highest BCUT2D eigenvalue weighted by Crippen LogP contribution is 2.34. The van der Waals surface area contributed by atoms with Crippen molar-refractivity contribution in [1.29, 1.82) is 0 Å². The second-order valence-corrected chi connectivity index (χ2v) is 6.61. The van der Waals surface area contributed by atoms with Gasteiger partial charge in [-0.15, -0.1) is 0 Å². The average Bonchev–Trinajstić information content (AvgIpc) is 3.27. The summed E-state index contributed by atoms with van der Waals surface area (Å²) in [6, 6.07) is 3.11. The Labute approximate surface area is 142 Å². The maximum atomic E-state index is 11.6. The number of amides is 2. The Morgan fingerprint density at radius 3 is 2.62 bits per heavy atom. The van der Waals surface area contributed by atoms with E-state index in [1.54, 1.807) is 6.07 Å². The number of carbonyl (C=O) groups is 2. The lowest BCUT2D eigenvalue weighted by molar-refractivity contribution is -0.119. The molecule has 9 heteroatoms. The number of nitrogens with zero attached hydrogens (tertiary/aromatic N) is 2. The summed E-state index contributed by atoms with van der Waals surface area (Å²) in [6.07, 6.45) is 3.42. The van der Waals surface area contributed by atoms with E-state index in [0.717, 1.165) is 23.5 Å². The molecule has 1 aliphatic rings. The lowest BCUT2D eigenvalue weighted by atomic mass is 10.1. The van der Waals surface area contributed by atoms with E-state index in [2.05, 4.69) is 20.0 Å². The highest BCUT2D eigenvalue weighted by Gasteiger charge is 2.35. The Balaban J connectivity index is 1.87. The first-order valence-electron chi connectivity index (χ1n) is 7.50. The van der Waals surface area contributed by atoms with Crippen molar-refractivity contribution in [2.24, 2.45) is 17.4 Å². The summed E-state index contributed by atoms with van der Waals surface area (Å²) < 4.78 is 4.18. The van der Waals surface area contributed by atoms with Gasteiger partial charge in [-0.25, -0.2) is 4.98 Å². The minimum absolute atomic E-state index is 0.119. The second kappa shape index (κ2) is 6.44. The second-order valence-electron chi connectivity index (χ2n) is 5.80. The zero-order valence-corrected chi connectivity index (χ0v) is 13.9. The minimum Gasteiger partial charge on any atom is -0.372 e. The SMILES string of the molecule is Cc1cc(Nc2cc(NC(C(N)=O)C3CC3)cnc2C(N)=O)sn1. The van der Waals surface area contributed by atoms with Gasteiger partial charge in [0.1, 0.15) is 11.0 Å². The summed E-state index contributed by atoms with van der Waals surface area (Å²) in [5.41, 5.74) is 12.9. The molecule has 2 heterocycles. The van der Waals surface area contributed by atoms with Crippen molar-refractivity contribution in [1.82, 2.24) is 9.36 Å². The van der Waals surface area contributed by atoms with Crippen LogP contribution in [-0.2, 0) is 4.79 Å². The van der Waals surface area contributed by atoms with Crippen molar-refractivity contribution < 1.29 is 9.59 Å². The largest absolute Gasteiger partial charge is 0.372 e. The van der Waals surface area contributed by atoms with Gasteiger partial charge < -0.3 is 22.1 Å². The number of anilines is 3. The molecule has 2 aromatic heterocycles. The third-order valence-electron chi connectivity index (χ3n) is 3.73. The van der Waals surface area contributed by atoms with Gasteiger partial charge in [0.25, 0.3) is 5.91 Å². The third-order valence-corrected chi connectivity index (χ3v) is 4.52. The Morgan fingerprint density at radius 2 is 2.08 bits per heavy atom. The Hall–Kier alpha value is -2.68. The van der Waals surface area contributed by atoms with Gasteiger partial charge in [0.2, 0.25) is 5.91 Å². The summed E-state index contributed by atoms with van der Waals surface area (Å²) in [4.78, 5) is 27.3. The van der Waals surface area contributed by atoms with E-state index >= 15 is 0 Å². The first kappa shape index (κ1) is 16.2. The predicted molar refractivity (Wildman–Crippen MR) is 92.2 cm³/mol. The van der Waals surface area contributed by atoms with Gasteiger partial charge in [0, 0.05) is 0 Å². The van der Waals surface area contributed by atoms with Crippen molar-refractivity contribution in [3.05, 3.63) is 29.7 Å². The molecule has 2 amide bonds. The summed E-state index contributed by atoms with van der Waals surface area (Å²) in [7, 11) is 0. The molecule has 126 valence electrons. The topological polar surface area (TPSA) is 136 Å². The van der Waals surface area contributed by atoms with E-state index in [1.807, 2.05) is 13.0 Å². The molecule has 8 nitrogen and oxygen atoms in total. The van der Waals surface area contributed by atoms with Gasteiger partial charge in [0.05, 0.1) is 23.3 Å². The van der Waals surface area contributed by atoms with Crippen molar-refractivity contribution in [2.45, 2.75) is 25.8 Å². The van der Waals surface area contributed by atoms with Crippen LogP contribution in [0, 0.1) is 12.8 Å². The molecule has 1 saturated carbocycles. The number of aromatic nitrogens is 2. The van der Waals surface area contributed by atoms with Crippen LogP contribution in [0.5, 0.6) is 0 Å². The fourth-order valence-corrected chi connectivity index (χ4v) is 3.09. The van der Waals surface area contributed by atoms with Crippen molar-refractivity contribution in [3.63, 3.8) is 0 Å². The molecule has 1 aliphatic carbocycles. The number of hydrogen-bond acceptors (Lipinski definition) is 7. The van der Waals surface area contributed by atoms with Crippen molar-refractivity contribution >= 4 is 39.7 Å². The maximum absolute atomic E-state index is 11.6. The molecule has 2 aromatic rings. The van der Waals surface area contributed by atoms with Gasteiger partial charge in [0.15, 0.2) is 5.69 Å². The van der Waals surface area contributed by atoms with Crippen molar-refractivity contribution in [3.8, 4) is 0 Å². The maximum Gasteiger partial charge on any atom is 0.269 e. The molecule has 0 radical (unpaired) electrons. The van der Waals surface area contributed by atoms with Crippen LogP contribution in [0.15, 0.2) is 18.3 Å². The lowest BCUT2D eigenvalue weighted by Gasteiger charge is -2.17. The zero-order valence-electron chi connectivity index (χ0n) is 13.1. The summed E-state index contributed by atoms with van der Waals surface area (Å²) >= 11 is 1.27. The lowest BCUT2D eigenvalue weighted by Crippen LogP contribution is -2.37. The highest BCUT2D eigenvalue weighted by molar-refractivity contribution is 7.10. The standard InChI is InChI=1S/C15H18N6O2S/c1-7-4-11(24-21-7)20-10-5-9(6-18-13(10)15(17)23)19-12(14(16)22)8-2-3-8/h4-6,8,12,19-20H,2-3H2,1H3,(H2,16,22)(H2,17,23). The van der Waals surface area contributed by atoms with E-state index < -0.39 is 17.9 Å². The molecule has 6 N–H and O–H groups in total. The Kier molecular flexibility index (Phi) is 4.34. The van der Waals surface area contributed by atoms with Crippen LogP contribution in [-0.4, -0.2) is 27.2 Å². The molecule has 0 spiro atoms. The minimum atomic E-state index is -0.640. The molecule has 0 aromatic carbocycles. The van der Waals surface area contributed by atoms with Gasteiger partial charge in [-0.3, -0.25) is 9.59 Å². The molecule has 0 aliphatic heterocycles. The van der Waals surface area contributed by atoms with Crippen LogP contribution in [0.1, 0.15) is 29.0 Å². The molecular weight excluding hydrogens is 328 g/mol. The monoisotopic (exact) mass is 346 g/mol. The number of nitrogens with one attached hydrogen (secondary N) is 2. The fraction of sp³-hybridized carbons (Fsp3) is 0.333. The van der Waals surface area contributed by atoms with Gasteiger partial charge in [-0.1, -0.05) is 0 Å². The molecular formula is C15H18N6O2S. The normalized spacial score (nSPS) is 14.9. The van der Waals surface area contributed by atoms with Gasteiger partial charge >= 0.3 is 0 Å². The number of nitrogens with two attached hydrogens (primary N) is 2. The first-order valence-corrected chi connectivity index (χ1v) is 8.27. The number of pyridine rings is 1. The molecule has 1 unspecified atom stereocenters. The van der Waals surface area contributed by atoms with E-state index in [0.29, 0.717) is 11.4 Å². The molecule has 0 saturated heterocycles. The quantitative estimate of drug-likeness (QED) is 0.597. The van der Waals surface area contributed by atoms with Crippen LogP contribution in [0.25, 0.3) is 0 Å². The first-order chi connectivity index (χ1) is 11.4.